The lowest BCUT2D eigenvalue weighted by molar-refractivity contribution is 0.104. The molecule has 1 aliphatic heterocycles. The first-order valence-corrected chi connectivity index (χ1v) is 8.89. The van der Waals surface area contributed by atoms with Crippen LogP contribution in [0.3, 0.4) is 0 Å². The summed E-state index contributed by atoms with van der Waals surface area (Å²) in [5, 5.41) is 3.55. The molecule has 2 unspecified atom stereocenters. The quantitative estimate of drug-likeness (QED) is 0.790. The topological polar surface area (TPSA) is 49.4 Å². The number of hydrogen-bond acceptors (Lipinski definition) is 4. The third-order valence-corrected chi connectivity index (χ3v) is 5.62. The van der Waals surface area contributed by atoms with Gasteiger partial charge in [-0.3, -0.25) is 4.90 Å². The number of nitrogens with zero attached hydrogens (tertiary/aromatic N) is 1. The first-order valence-electron chi connectivity index (χ1n) is 7.07. The first kappa shape index (κ1) is 15.9. The Morgan fingerprint density at radius 1 is 1.33 bits per heavy atom. The SMILES string of the molecule is CCC1CN(CCS(=O)(=O)CC)C(C(C)C)CN1. The highest BCUT2D eigenvalue weighted by atomic mass is 32.2. The summed E-state index contributed by atoms with van der Waals surface area (Å²) in [6, 6.07) is 0.962. The predicted octanol–water partition coefficient (Wildman–Crippen LogP) is 1.13. The van der Waals surface area contributed by atoms with Crippen LogP contribution in [-0.2, 0) is 9.84 Å². The summed E-state index contributed by atoms with van der Waals surface area (Å²) in [5.41, 5.74) is 0. The summed E-state index contributed by atoms with van der Waals surface area (Å²) < 4.78 is 23.3. The highest BCUT2D eigenvalue weighted by Gasteiger charge is 2.29. The Labute approximate surface area is 112 Å². The molecule has 5 heteroatoms. The number of rotatable bonds is 6. The van der Waals surface area contributed by atoms with E-state index in [4.69, 9.17) is 0 Å². The van der Waals surface area contributed by atoms with Gasteiger partial charge in [0.25, 0.3) is 0 Å². The highest BCUT2D eigenvalue weighted by Crippen LogP contribution is 2.16. The van der Waals surface area contributed by atoms with Crippen LogP contribution in [0.2, 0.25) is 0 Å². The minimum absolute atomic E-state index is 0.253. The van der Waals surface area contributed by atoms with Crippen molar-refractivity contribution in [2.75, 3.05) is 31.1 Å². The van der Waals surface area contributed by atoms with E-state index in [-0.39, 0.29) is 5.75 Å². The van der Waals surface area contributed by atoms with E-state index in [2.05, 4.69) is 31.0 Å². The van der Waals surface area contributed by atoms with Crippen molar-refractivity contribution in [3.05, 3.63) is 0 Å². The maximum Gasteiger partial charge on any atom is 0.151 e. The lowest BCUT2D eigenvalue weighted by Gasteiger charge is -2.42. The Morgan fingerprint density at radius 2 is 2.00 bits per heavy atom. The largest absolute Gasteiger partial charge is 0.311 e. The van der Waals surface area contributed by atoms with Crippen molar-refractivity contribution in [2.24, 2.45) is 5.92 Å². The zero-order chi connectivity index (χ0) is 13.8. The zero-order valence-corrected chi connectivity index (χ0v) is 13.0. The number of piperazine rings is 1. The van der Waals surface area contributed by atoms with E-state index in [1.54, 1.807) is 6.92 Å². The molecule has 0 amide bonds. The second-order valence-electron chi connectivity index (χ2n) is 5.56. The fraction of sp³-hybridized carbons (Fsp3) is 1.00. The van der Waals surface area contributed by atoms with Gasteiger partial charge >= 0.3 is 0 Å². The smallest absolute Gasteiger partial charge is 0.151 e. The summed E-state index contributed by atoms with van der Waals surface area (Å²) in [6.07, 6.45) is 1.10. The molecule has 0 saturated carbocycles. The van der Waals surface area contributed by atoms with E-state index in [0.717, 1.165) is 19.5 Å². The maximum absolute atomic E-state index is 11.6. The van der Waals surface area contributed by atoms with Crippen LogP contribution in [0.5, 0.6) is 0 Å². The van der Waals surface area contributed by atoms with Crippen LogP contribution in [0.4, 0.5) is 0 Å². The normalized spacial score (nSPS) is 26.7. The standard InChI is InChI=1S/C13H28N2O2S/c1-5-12-10-15(7-8-18(16,17)6-2)13(9-14-12)11(3)4/h11-14H,5-10H2,1-4H3. The van der Waals surface area contributed by atoms with Crippen molar-refractivity contribution in [3.8, 4) is 0 Å². The van der Waals surface area contributed by atoms with E-state index in [9.17, 15) is 8.42 Å². The van der Waals surface area contributed by atoms with Crippen molar-refractivity contribution < 1.29 is 8.42 Å². The fourth-order valence-electron chi connectivity index (χ4n) is 2.49. The lowest BCUT2D eigenvalue weighted by Crippen LogP contribution is -2.58. The molecule has 0 bridgehead atoms. The molecule has 1 aliphatic rings. The van der Waals surface area contributed by atoms with Gasteiger partial charge in [0.1, 0.15) is 0 Å². The molecule has 0 radical (unpaired) electrons. The van der Waals surface area contributed by atoms with Crippen LogP contribution >= 0.6 is 0 Å². The molecule has 1 fully saturated rings. The van der Waals surface area contributed by atoms with E-state index in [1.807, 2.05) is 0 Å². The minimum Gasteiger partial charge on any atom is -0.311 e. The van der Waals surface area contributed by atoms with Crippen molar-refractivity contribution in [1.82, 2.24) is 10.2 Å². The Bertz CT molecular complexity index is 341. The Morgan fingerprint density at radius 3 is 2.50 bits per heavy atom. The van der Waals surface area contributed by atoms with E-state index < -0.39 is 9.84 Å². The summed E-state index contributed by atoms with van der Waals surface area (Å²) in [4.78, 5) is 2.36. The van der Waals surface area contributed by atoms with Gasteiger partial charge in [0.2, 0.25) is 0 Å². The molecule has 0 aromatic carbocycles. The molecule has 18 heavy (non-hydrogen) atoms. The van der Waals surface area contributed by atoms with Gasteiger partial charge in [-0.25, -0.2) is 8.42 Å². The third-order valence-electron chi connectivity index (χ3n) is 3.93. The molecular formula is C13H28N2O2S. The average Bonchev–Trinajstić information content (AvgIpc) is 2.36. The van der Waals surface area contributed by atoms with Crippen LogP contribution in [0.25, 0.3) is 0 Å². The van der Waals surface area contributed by atoms with E-state index in [0.29, 0.717) is 30.3 Å². The molecule has 1 N–H and O–H groups in total. The van der Waals surface area contributed by atoms with Crippen molar-refractivity contribution >= 4 is 9.84 Å². The van der Waals surface area contributed by atoms with Gasteiger partial charge in [-0.05, 0) is 12.3 Å². The Kier molecular flexibility index (Phi) is 6.08. The Hall–Kier alpha value is -0.130. The fourth-order valence-corrected chi connectivity index (χ4v) is 3.29. The van der Waals surface area contributed by atoms with Crippen LogP contribution in [-0.4, -0.2) is 56.5 Å². The predicted molar refractivity (Wildman–Crippen MR) is 76.6 cm³/mol. The van der Waals surface area contributed by atoms with Crippen LogP contribution in [0, 0.1) is 5.92 Å². The van der Waals surface area contributed by atoms with Gasteiger partial charge in [0.05, 0.1) is 5.75 Å². The van der Waals surface area contributed by atoms with E-state index >= 15 is 0 Å². The molecule has 0 aliphatic carbocycles. The van der Waals surface area contributed by atoms with Gasteiger partial charge in [-0.1, -0.05) is 27.7 Å². The number of hydrogen-bond donors (Lipinski definition) is 1. The molecule has 1 heterocycles. The summed E-state index contributed by atoms with van der Waals surface area (Å²) >= 11 is 0. The number of nitrogens with one attached hydrogen (secondary N) is 1. The molecule has 0 aromatic rings. The van der Waals surface area contributed by atoms with Gasteiger partial charge in [-0.15, -0.1) is 0 Å². The summed E-state index contributed by atoms with van der Waals surface area (Å²) in [7, 11) is -2.85. The Balaban J connectivity index is 2.61. The molecule has 4 nitrogen and oxygen atoms in total. The first-order chi connectivity index (χ1) is 8.39. The highest BCUT2D eigenvalue weighted by molar-refractivity contribution is 7.91. The molecule has 108 valence electrons. The molecular weight excluding hydrogens is 248 g/mol. The molecule has 0 aromatic heterocycles. The van der Waals surface area contributed by atoms with Crippen molar-refractivity contribution in [3.63, 3.8) is 0 Å². The molecule has 0 spiro atoms. The minimum atomic E-state index is -2.85. The second kappa shape index (κ2) is 6.87. The van der Waals surface area contributed by atoms with Crippen LogP contribution < -0.4 is 5.32 Å². The summed E-state index contributed by atoms with van der Waals surface area (Å²) in [5.74, 6) is 1.10. The molecule has 1 saturated heterocycles. The van der Waals surface area contributed by atoms with Gasteiger partial charge < -0.3 is 5.32 Å². The van der Waals surface area contributed by atoms with Gasteiger partial charge in [-0.2, -0.15) is 0 Å². The average molecular weight is 276 g/mol. The van der Waals surface area contributed by atoms with Gasteiger partial charge in [0.15, 0.2) is 9.84 Å². The third kappa shape index (κ3) is 4.52. The summed E-state index contributed by atoms with van der Waals surface area (Å²) in [6.45, 7) is 10.9. The van der Waals surface area contributed by atoms with E-state index in [1.165, 1.54) is 0 Å². The molecule has 1 rings (SSSR count). The zero-order valence-electron chi connectivity index (χ0n) is 12.1. The second-order valence-corrected chi connectivity index (χ2v) is 8.03. The van der Waals surface area contributed by atoms with Gasteiger partial charge in [0, 0.05) is 37.5 Å². The monoisotopic (exact) mass is 276 g/mol. The maximum atomic E-state index is 11.6. The van der Waals surface area contributed by atoms with Crippen LogP contribution in [0.15, 0.2) is 0 Å². The molecule has 2 atom stereocenters. The van der Waals surface area contributed by atoms with Crippen LogP contribution in [0.1, 0.15) is 34.1 Å². The lowest BCUT2D eigenvalue weighted by atomic mass is 9.98. The van der Waals surface area contributed by atoms with Crippen molar-refractivity contribution in [2.45, 2.75) is 46.2 Å². The van der Waals surface area contributed by atoms with Crippen molar-refractivity contribution in [1.29, 1.82) is 0 Å². The number of sulfone groups is 1.